The van der Waals surface area contributed by atoms with E-state index in [1.165, 1.54) is 28.9 Å². The third kappa shape index (κ3) is 3.10. The quantitative estimate of drug-likeness (QED) is 0.817. The predicted octanol–water partition coefficient (Wildman–Crippen LogP) is 3.34. The minimum Gasteiger partial charge on any atom is -0.316 e. The summed E-state index contributed by atoms with van der Waals surface area (Å²) in [7, 11) is 0. The van der Waals surface area contributed by atoms with Crippen molar-refractivity contribution in [3.63, 3.8) is 0 Å². The number of aromatic nitrogens is 2. The van der Waals surface area contributed by atoms with Crippen LogP contribution in [0.15, 0.2) is 24.3 Å². The number of para-hydroxylation sites is 1. The molecule has 0 fully saturated rings. The lowest BCUT2D eigenvalue weighted by atomic mass is 10.1. The van der Waals surface area contributed by atoms with Crippen molar-refractivity contribution in [2.24, 2.45) is 0 Å². The van der Waals surface area contributed by atoms with Crippen LogP contribution in [-0.4, -0.2) is 22.9 Å². The highest BCUT2D eigenvalue weighted by atomic mass is 15.3. The Kier molecular flexibility index (Phi) is 4.96. The second kappa shape index (κ2) is 6.71. The number of nitrogens with one attached hydrogen (secondary N) is 1. The van der Waals surface area contributed by atoms with Crippen molar-refractivity contribution in [3.8, 4) is 5.69 Å². The molecule has 2 rings (SSSR count). The van der Waals surface area contributed by atoms with Crippen LogP contribution in [0.3, 0.4) is 0 Å². The van der Waals surface area contributed by atoms with Crippen LogP contribution < -0.4 is 5.32 Å². The minimum absolute atomic E-state index is 1.02. The van der Waals surface area contributed by atoms with Crippen LogP contribution >= 0.6 is 0 Å². The molecule has 3 nitrogen and oxygen atoms in total. The molecule has 0 atom stereocenters. The lowest BCUT2D eigenvalue weighted by Crippen LogP contribution is -2.18. The zero-order valence-corrected chi connectivity index (χ0v) is 13.0. The first-order valence-corrected chi connectivity index (χ1v) is 7.47. The van der Waals surface area contributed by atoms with E-state index < -0.39 is 0 Å². The number of rotatable bonds is 6. The molecule has 0 bridgehead atoms. The Morgan fingerprint density at radius 2 is 1.85 bits per heavy atom. The Bertz CT molecular complexity index is 570. The number of hydrogen-bond donors (Lipinski definition) is 1. The molecule has 3 heteroatoms. The Balaban J connectivity index is 2.23. The Morgan fingerprint density at radius 1 is 1.10 bits per heavy atom. The van der Waals surface area contributed by atoms with Gasteiger partial charge in [-0.25, -0.2) is 4.68 Å². The van der Waals surface area contributed by atoms with Crippen LogP contribution in [0, 0.1) is 20.8 Å². The largest absolute Gasteiger partial charge is 0.316 e. The van der Waals surface area contributed by atoms with Crippen LogP contribution in [0.5, 0.6) is 0 Å². The lowest BCUT2D eigenvalue weighted by Gasteiger charge is -2.08. The van der Waals surface area contributed by atoms with Gasteiger partial charge >= 0.3 is 0 Å². The van der Waals surface area contributed by atoms with E-state index in [1.807, 2.05) is 0 Å². The molecule has 0 unspecified atom stereocenters. The molecule has 1 aromatic carbocycles. The highest BCUT2D eigenvalue weighted by Gasteiger charge is 2.13. The zero-order chi connectivity index (χ0) is 14.5. The molecule has 108 valence electrons. The van der Waals surface area contributed by atoms with E-state index in [0.717, 1.165) is 25.2 Å². The molecule has 20 heavy (non-hydrogen) atoms. The fraction of sp³-hybridized carbons (Fsp3) is 0.471. The summed E-state index contributed by atoms with van der Waals surface area (Å²) in [5.74, 6) is 0. The lowest BCUT2D eigenvalue weighted by molar-refractivity contribution is 0.669. The first-order valence-electron chi connectivity index (χ1n) is 7.47. The van der Waals surface area contributed by atoms with Crippen LogP contribution in [0.25, 0.3) is 5.69 Å². The molecule has 0 aliphatic rings. The fourth-order valence-corrected chi connectivity index (χ4v) is 2.59. The van der Waals surface area contributed by atoms with Gasteiger partial charge in [-0.3, -0.25) is 0 Å². The van der Waals surface area contributed by atoms with Gasteiger partial charge in [0.2, 0.25) is 0 Å². The molecule has 0 saturated heterocycles. The second-order valence-electron chi connectivity index (χ2n) is 5.35. The molecule has 0 aliphatic heterocycles. The SMILES string of the molecule is CCCNCCc1c(C)nn(-c2ccccc2C)c1C. The molecule has 1 aromatic heterocycles. The molecular formula is C17H25N3. The topological polar surface area (TPSA) is 29.9 Å². The third-order valence-electron chi connectivity index (χ3n) is 3.76. The maximum Gasteiger partial charge on any atom is 0.0678 e. The smallest absolute Gasteiger partial charge is 0.0678 e. The van der Waals surface area contributed by atoms with Crippen molar-refractivity contribution in [1.29, 1.82) is 0 Å². The summed E-state index contributed by atoms with van der Waals surface area (Å²) in [6, 6.07) is 8.41. The Hall–Kier alpha value is -1.61. The molecule has 0 radical (unpaired) electrons. The average molecular weight is 271 g/mol. The van der Waals surface area contributed by atoms with Gasteiger partial charge in [0.05, 0.1) is 11.4 Å². The summed E-state index contributed by atoms with van der Waals surface area (Å²) in [5, 5.41) is 8.19. The summed E-state index contributed by atoms with van der Waals surface area (Å²) in [5.41, 5.74) is 6.21. The molecule has 1 heterocycles. The van der Waals surface area contributed by atoms with Crippen LogP contribution in [0.2, 0.25) is 0 Å². The first-order chi connectivity index (χ1) is 9.65. The maximum absolute atomic E-state index is 4.73. The Morgan fingerprint density at radius 3 is 2.55 bits per heavy atom. The molecule has 1 N–H and O–H groups in total. The second-order valence-corrected chi connectivity index (χ2v) is 5.35. The zero-order valence-electron chi connectivity index (χ0n) is 13.0. The number of hydrogen-bond acceptors (Lipinski definition) is 2. The van der Waals surface area contributed by atoms with E-state index in [9.17, 15) is 0 Å². The number of benzene rings is 1. The van der Waals surface area contributed by atoms with Crippen molar-refractivity contribution in [2.45, 2.75) is 40.5 Å². The van der Waals surface area contributed by atoms with Crippen molar-refractivity contribution in [1.82, 2.24) is 15.1 Å². The first kappa shape index (κ1) is 14.8. The van der Waals surface area contributed by atoms with E-state index in [4.69, 9.17) is 5.10 Å². The molecule has 0 spiro atoms. The maximum atomic E-state index is 4.73. The highest BCUT2D eigenvalue weighted by Crippen LogP contribution is 2.20. The van der Waals surface area contributed by atoms with Gasteiger partial charge in [0, 0.05) is 5.69 Å². The number of aryl methyl sites for hydroxylation is 2. The van der Waals surface area contributed by atoms with Crippen molar-refractivity contribution in [2.75, 3.05) is 13.1 Å². The molecule has 2 aromatic rings. The van der Waals surface area contributed by atoms with Crippen molar-refractivity contribution >= 4 is 0 Å². The average Bonchev–Trinajstić information content (AvgIpc) is 2.71. The van der Waals surface area contributed by atoms with Crippen LogP contribution in [-0.2, 0) is 6.42 Å². The van der Waals surface area contributed by atoms with Crippen molar-refractivity contribution in [3.05, 3.63) is 46.8 Å². The van der Waals surface area contributed by atoms with Crippen molar-refractivity contribution < 1.29 is 0 Å². The summed E-state index contributed by atoms with van der Waals surface area (Å²) in [6.45, 7) is 10.7. The van der Waals surface area contributed by atoms with E-state index in [2.05, 4.69) is 62.0 Å². The third-order valence-corrected chi connectivity index (χ3v) is 3.76. The summed E-state index contributed by atoms with van der Waals surface area (Å²) in [6.07, 6.45) is 2.23. The van der Waals surface area contributed by atoms with Gasteiger partial charge in [0.15, 0.2) is 0 Å². The summed E-state index contributed by atoms with van der Waals surface area (Å²) in [4.78, 5) is 0. The Labute approximate surface area is 122 Å². The van der Waals surface area contributed by atoms with Crippen LogP contribution in [0.4, 0.5) is 0 Å². The van der Waals surface area contributed by atoms with E-state index in [1.54, 1.807) is 0 Å². The normalized spacial score (nSPS) is 11.0. The van der Waals surface area contributed by atoms with E-state index >= 15 is 0 Å². The van der Waals surface area contributed by atoms with Gasteiger partial charge < -0.3 is 5.32 Å². The monoisotopic (exact) mass is 271 g/mol. The van der Waals surface area contributed by atoms with Gasteiger partial charge in [-0.15, -0.1) is 0 Å². The molecule has 0 saturated carbocycles. The van der Waals surface area contributed by atoms with Gasteiger partial charge in [-0.2, -0.15) is 5.10 Å². The summed E-state index contributed by atoms with van der Waals surface area (Å²) < 4.78 is 2.08. The van der Waals surface area contributed by atoms with Gasteiger partial charge in [-0.05, 0) is 63.9 Å². The molecular weight excluding hydrogens is 246 g/mol. The predicted molar refractivity (Wildman–Crippen MR) is 84.6 cm³/mol. The van der Waals surface area contributed by atoms with E-state index in [-0.39, 0.29) is 0 Å². The van der Waals surface area contributed by atoms with Gasteiger partial charge in [0.25, 0.3) is 0 Å². The fourth-order valence-electron chi connectivity index (χ4n) is 2.59. The minimum atomic E-state index is 1.02. The van der Waals surface area contributed by atoms with Gasteiger partial charge in [0.1, 0.15) is 0 Å². The molecule has 0 amide bonds. The van der Waals surface area contributed by atoms with Crippen LogP contribution in [0.1, 0.15) is 35.9 Å². The van der Waals surface area contributed by atoms with Gasteiger partial charge in [-0.1, -0.05) is 25.1 Å². The van der Waals surface area contributed by atoms with E-state index in [0.29, 0.717) is 0 Å². The standard InChI is InChI=1S/C17H25N3/c1-5-11-18-12-10-16-14(3)19-20(15(16)4)17-9-7-6-8-13(17)2/h6-9,18H,5,10-12H2,1-4H3. The highest BCUT2D eigenvalue weighted by molar-refractivity contribution is 5.42. The number of nitrogens with zero attached hydrogens (tertiary/aromatic N) is 2. The molecule has 0 aliphatic carbocycles. The summed E-state index contributed by atoms with van der Waals surface area (Å²) >= 11 is 0.